The Morgan fingerprint density at radius 1 is 0.939 bits per heavy atom. The maximum atomic E-state index is 13.4. The van der Waals surface area contributed by atoms with Crippen LogP contribution in [-0.2, 0) is 28.3 Å². The molecule has 0 bridgehead atoms. The molecule has 0 aromatic heterocycles. The highest BCUT2D eigenvalue weighted by atomic mass is 79.9. The van der Waals surface area contributed by atoms with Gasteiger partial charge in [-0.3, -0.25) is 9.59 Å². The van der Waals surface area contributed by atoms with Gasteiger partial charge in [-0.05, 0) is 41.0 Å². The third-order valence-corrected chi connectivity index (χ3v) is 6.71. The second kappa shape index (κ2) is 12.6. The number of carbonyl (C=O) groups is 2. The van der Waals surface area contributed by atoms with Gasteiger partial charge in [-0.15, -0.1) is 11.8 Å². The number of hydrogen-bond acceptors (Lipinski definition) is 3. The first kappa shape index (κ1) is 25.0. The second-order valence-electron chi connectivity index (χ2n) is 7.59. The van der Waals surface area contributed by atoms with Crippen LogP contribution in [0.15, 0.2) is 83.3 Å². The van der Waals surface area contributed by atoms with Gasteiger partial charge >= 0.3 is 0 Å². The highest BCUT2D eigenvalue weighted by Crippen LogP contribution is 2.19. The third kappa shape index (κ3) is 7.72. The molecular formula is C26H26BrFN2O2S. The predicted octanol–water partition coefficient (Wildman–Crippen LogP) is 5.21. The standard InChI is InChI=1S/C26H26BrFN2O2S/c1-29-26(32)24(15-19-5-3-2-4-6-19)30(16-20-7-11-22(27)12-8-20)25(31)18-33-17-21-9-13-23(28)14-10-21/h2-14,24H,15-18H2,1H3,(H,29,32). The van der Waals surface area contributed by atoms with E-state index in [9.17, 15) is 14.0 Å². The van der Waals surface area contributed by atoms with E-state index in [0.29, 0.717) is 18.7 Å². The zero-order chi connectivity index (χ0) is 23.6. The van der Waals surface area contributed by atoms with Crippen molar-refractivity contribution in [1.82, 2.24) is 10.2 Å². The van der Waals surface area contributed by atoms with Crippen LogP contribution in [0.4, 0.5) is 4.39 Å². The molecular weight excluding hydrogens is 503 g/mol. The summed E-state index contributed by atoms with van der Waals surface area (Å²) < 4.78 is 14.1. The Kier molecular flexibility index (Phi) is 9.51. The molecule has 0 aliphatic heterocycles. The number of hydrogen-bond donors (Lipinski definition) is 1. The minimum Gasteiger partial charge on any atom is -0.357 e. The highest BCUT2D eigenvalue weighted by Gasteiger charge is 2.29. The summed E-state index contributed by atoms with van der Waals surface area (Å²) in [6.07, 6.45) is 0.422. The largest absolute Gasteiger partial charge is 0.357 e. The summed E-state index contributed by atoms with van der Waals surface area (Å²) in [6, 6.07) is 23.1. The molecule has 3 rings (SSSR count). The first-order valence-corrected chi connectivity index (χ1v) is 12.5. The fraction of sp³-hybridized carbons (Fsp3) is 0.231. The van der Waals surface area contributed by atoms with Crippen LogP contribution in [0.3, 0.4) is 0 Å². The van der Waals surface area contributed by atoms with Gasteiger partial charge in [0.1, 0.15) is 11.9 Å². The van der Waals surface area contributed by atoms with Crippen LogP contribution < -0.4 is 5.32 Å². The van der Waals surface area contributed by atoms with Crippen molar-refractivity contribution in [2.75, 3.05) is 12.8 Å². The fourth-order valence-corrected chi connectivity index (χ4v) is 4.56. The van der Waals surface area contributed by atoms with E-state index in [1.165, 1.54) is 23.9 Å². The van der Waals surface area contributed by atoms with Gasteiger partial charge in [-0.2, -0.15) is 0 Å². The lowest BCUT2D eigenvalue weighted by Crippen LogP contribution is -2.50. The average molecular weight is 529 g/mol. The van der Waals surface area contributed by atoms with Crippen molar-refractivity contribution in [3.63, 3.8) is 0 Å². The van der Waals surface area contributed by atoms with Crippen LogP contribution >= 0.6 is 27.7 Å². The second-order valence-corrected chi connectivity index (χ2v) is 9.49. The van der Waals surface area contributed by atoms with E-state index in [2.05, 4.69) is 21.2 Å². The van der Waals surface area contributed by atoms with E-state index in [0.717, 1.165) is 21.2 Å². The van der Waals surface area contributed by atoms with Gasteiger partial charge in [0.2, 0.25) is 11.8 Å². The summed E-state index contributed by atoms with van der Waals surface area (Å²) in [6.45, 7) is 0.328. The predicted molar refractivity (Wildman–Crippen MR) is 135 cm³/mol. The van der Waals surface area contributed by atoms with Gasteiger partial charge < -0.3 is 10.2 Å². The van der Waals surface area contributed by atoms with Gasteiger partial charge in [0.25, 0.3) is 0 Å². The van der Waals surface area contributed by atoms with Crippen molar-refractivity contribution in [3.8, 4) is 0 Å². The van der Waals surface area contributed by atoms with Crippen molar-refractivity contribution in [1.29, 1.82) is 0 Å². The Balaban J connectivity index is 1.79. The summed E-state index contributed by atoms with van der Waals surface area (Å²) in [7, 11) is 1.59. The van der Waals surface area contributed by atoms with Crippen LogP contribution in [0.25, 0.3) is 0 Å². The van der Waals surface area contributed by atoms with Crippen molar-refractivity contribution in [2.45, 2.75) is 24.8 Å². The van der Waals surface area contributed by atoms with Gasteiger partial charge in [-0.25, -0.2) is 4.39 Å². The van der Waals surface area contributed by atoms with Crippen LogP contribution in [0, 0.1) is 5.82 Å². The van der Waals surface area contributed by atoms with Crippen LogP contribution in [-0.4, -0.2) is 35.6 Å². The Labute approximate surface area is 206 Å². The summed E-state index contributed by atoms with van der Waals surface area (Å²) in [4.78, 5) is 27.9. The van der Waals surface area contributed by atoms with Gasteiger partial charge in [-0.1, -0.05) is 70.5 Å². The normalized spacial score (nSPS) is 11.6. The van der Waals surface area contributed by atoms with E-state index in [4.69, 9.17) is 0 Å². The Bertz CT molecular complexity index is 1050. The number of benzene rings is 3. The zero-order valence-corrected chi connectivity index (χ0v) is 20.7. The van der Waals surface area contributed by atoms with E-state index < -0.39 is 6.04 Å². The van der Waals surface area contributed by atoms with E-state index in [-0.39, 0.29) is 23.4 Å². The van der Waals surface area contributed by atoms with Crippen molar-refractivity contribution in [2.24, 2.45) is 0 Å². The van der Waals surface area contributed by atoms with E-state index >= 15 is 0 Å². The Morgan fingerprint density at radius 3 is 2.21 bits per heavy atom. The molecule has 33 heavy (non-hydrogen) atoms. The molecule has 2 amide bonds. The molecule has 3 aromatic rings. The maximum Gasteiger partial charge on any atom is 0.242 e. The minimum atomic E-state index is -0.639. The zero-order valence-electron chi connectivity index (χ0n) is 18.3. The molecule has 0 radical (unpaired) electrons. The molecule has 0 saturated carbocycles. The topological polar surface area (TPSA) is 49.4 Å². The fourth-order valence-electron chi connectivity index (χ4n) is 3.43. The average Bonchev–Trinajstić information content (AvgIpc) is 2.83. The molecule has 1 atom stereocenters. The molecule has 172 valence electrons. The quantitative estimate of drug-likeness (QED) is 0.393. The molecule has 7 heteroatoms. The lowest BCUT2D eigenvalue weighted by atomic mass is 10.0. The lowest BCUT2D eigenvalue weighted by Gasteiger charge is -2.31. The molecule has 0 heterocycles. The number of carbonyl (C=O) groups excluding carboxylic acids is 2. The van der Waals surface area contributed by atoms with Gasteiger partial charge in [0.15, 0.2) is 0 Å². The molecule has 0 spiro atoms. The first-order chi connectivity index (χ1) is 16.0. The Morgan fingerprint density at radius 2 is 1.58 bits per heavy atom. The number of rotatable bonds is 10. The van der Waals surface area contributed by atoms with Crippen LogP contribution in [0.2, 0.25) is 0 Å². The number of halogens is 2. The molecule has 0 aliphatic rings. The van der Waals surface area contributed by atoms with Crippen LogP contribution in [0.5, 0.6) is 0 Å². The van der Waals surface area contributed by atoms with Crippen molar-refractivity contribution < 1.29 is 14.0 Å². The number of likely N-dealkylation sites (N-methyl/N-ethyl adjacent to an activating group) is 1. The van der Waals surface area contributed by atoms with Crippen LogP contribution in [0.1, 0.15) is 16.7 Å². The monoisotopic (exact) mass is 528 g/mol. The molecule has 0 aliphatic carbocycles. The van der Waals surface area contributed by atoms with Gasteiger partial charge in [0, 0.05) is 30.2 Å². The van der Waals surface area contributed by atoms with Crippen molar-refractivity contribution in [3.05, 3.63) is 106 Å². The Hall–Kier alpha value is -2.64. The third-order valence-electron chi connectivity index (χ3n) is 5.19. The first-order valence-electron chi connectivity index (χ1n) is 10.6. The molecule has 0 fully saturated rings. The lowest BCUT2D eigenvalue weighted by molar-refractivity contribution is -0.139. The van der Waals surface area contributed by atoms with Gasteiger partial charge in [0.05, 0.1) is 5.75 Å². The number of nitrogens with one attached hydrogen (secondary N) is 1. The maximum absolute atomic E-state index is 13.4. The van der Waals surface area contributed by atoms with E-state index in [1.807, 2.05) is 54.6 Å². The molecule has 1 N–H and O–H groups in total. The number of nitrogens with zero attached hydrogens (tertiary/aromatic N) is 1. The summed E-state index contributed by atoms with van der Waals surface area (Å²) >= 11 is 4.89. The molecule has 1 unspecified atom stereocenters. The van der Waals surface area contributed by atoms with Crippen molar-refractivity contribution >= 4 is 39.5 Å². The SMILES string of the molecule is CNC(=O)C(Cc1ccccc1)N(Cc1ccc(Br)cc1)C(=O)CSCc1ccc(F)cc1. The summed E-state index contributed by atoms with van der Waals surface area (Å²) in [5.74, 6) is 0.203. The number of thioether (sulfide) groups is 1. The molecule has 4 nitrogen and oxygen atoms in total. The molecule has 0 saturated heterocycles. The summed E-state index contributed by atoms with van der Waals surface area (Å²) in [5.41, 5.74) is 2.87. The number of amides is 2. The highest BCUT2D eigenvalue weighted by molar-refractivity contribution is 9.10. The van der Waals surface area contributed by atoms with E-state index in [1.54, 1.807) is 24.1 Å². The summed E-state index contributed by atoms with van der Waals surface area (Å²) in [5, 5.41) is 2.72. The minimum absolute atomic E-state index is 0.116. The molecule has 3 aromatic carbocycles. The smallest absolute Gasteiger partial charge is 0.242 e.